The Hall–Kier alpha value is -2.99. The molecule has 0 radical (unpaired) electrons. The minimum Gasteiger partial charge on any atom is -0.364 e. The summed E-state index contributed by atoms with van der Waals surface area (Å²) in [6.45, 7) is 8.51. The van der Waals surface area contributed by atoms with Gasteiger partial charge in [0.05, 0.1) is 16.9 Å². The van der Waals surface area contributed by atoms with E-state index in [0.717, 1.165) is 12.0 Å². The highest BCUT2D eigenvalue weighted by Crippen LogP contribution is 2.25. The van der Waals surface area contributed by atoms with E-state index in [4.69, 9.17) is 4.74 Å². The maximum Gasteiger partial charge on any atom is 0.258 e. The topological polar surface area (TPSA) is 84.1 Å². The monoisotopic (exact) mass is 421 g/mol. The molecule has 6 nitrogen and oxygen atoms in total. The molecule has 1 aromatic heterocycles. The highest BCUT2D eigenvalue weighted by atomic mass is 16.5. The van der Waals surface area contributed by atoms with Gasteiger partial charge in [0, 0.05) is 0 Å². The Bertz CT molecular complexity index is 1070. The molecule has 2 N–H and O–H groups in total. The Morgan fingerprint density at radius 1 is 1.06 bits per heavy atom. The molecule has 3 rings (SSSR count). The first-order valence-electron chi connectivity index (χ1n) is 10.8. The van der Waals surface area contributed by atoms with E-state index in [9.17, 15) is 9.59 Å². The lowest BCUT2D eigenvalue weighted by molar-refractivity contribution is -0.127. The van der Waals surface area contributed by atoms with E-state index in [0.29, 0.717) is 22.6 Å². The van der Waals surface area contributed by atoms with Crippen LogP contribution in [0.4, 0.5) is 0 Å². The van der Waals surface area contributed by atoms with Crippen LogP contribution in [0, 0.1) is 5.92 Å². The summed E-state index contributed by atoms with van der Waals surface area (Å²) in [5.74, 6) is 0.951. The van der Waals surface area contributed by atoms with Gasteiger partial charge in [-0.3, -0.25) is 9.59 Å². The van der Waals surface area contributed by atoms with Gasteiger partial charge in [0.15, 0.2) is 0 Å². The van der Waals surface area contributed by atoms with E-state index in [-0.39, 0.29) is 36.6 Å². The fourth-order valence-electron chi connectivity index (χ4n) is 3.56. The maximum atomic E-state index is 12.5. The van der Waals surface area contributed by atoms with Crippen LogP contribution in [-0.4, -0.2) is 22.5 Å². The molecule has 0 aliphatic heterocycles. The third-order valence-corrected chi connectivity index (χ3v) is 5.59. The quantitative estimate of drug-likeness (QED) is 0.534. The Kier molecular flexibility index (Phi) is 7.58. The van der Waals surface area contributed by atoms with Crippen molar-refractivity contribution < 1.29 is 9.53 Å². The van der Waals surface area contributed by atoms with Gasteiger partial charge in [0.25, 0.3) is 5.56 Å². The summed E-state index contributed by atoms with van der Waals surface area (Å²) in [7, 11) is 0. The first kappa shape index (κ1) is 22.7. The summed E-state index contributed by atoms with van der Waals surface area (Å²) in [4.78, 5) is 31.7. The van der Waals surface area contributed by atoms with Gasteiger partial charge in [-0.05, 0) is 41.5 Å². The van der Waals surface area contributed by atoms with Crippen LogP contribution in [-0.2, 0) is 16.1 Å². The molecule has 0 aliphatic rings. The number of aromatic amines is 1. The van der Waals surface area contributed by atoms with Gasteiger partial charge in [0.2, 0.25) is 5.91 Å². The molecule has 2 atom stereocenters. The van der Waals surface area contributed by atoms with E-state index in [1.807, 2.05) is 6.07 Å². The Morgan fingerprint density at radius 3 is 2.42 bits per heavy atom. The van der Waals surface area contributed by atoms with Crippen molar-refractivity contribution in [1.82, 2.24) is 15.3 Å². The zero-order valence-electron chi connectivity index (χ0n) is 18.6. The van der Waals surface area contributed by atoms with Crippen LogP contribution in [0.1, 0.15) is 63.0 Å². The van der Waals surface area contributed by atoms with Crippen molar-refractivity contribution in [1.29, 1.82) is 0 Å². The van der Waals surface area contributed by atoms with Crippen LogP contribution in [0.25, 0.3) is 10.9 Å². The van der Waals surface area contributed by atoms with Gasteiger partial charge in [-0.2, -0.15) is 0 Å². The van der Waals surface area contributed by atoms with Gasteiger partial charge in [-0.25, -0.2) is 4.98 Å². The fraction of sp³-hybridized carbons (Fsp3) is 0.400. The molecule has 164 valence electrons. The standard InChI is InChI=1S/C25H31N3O3/c1-5-17(4)18-10-12-19(13-11-18)24(16(2)3)28-23(29)15-31-14-22-26-21-9-7-6-8-20(21)25(30)27-22/h6-13,16-17,24H,5,14-15H2,1-4H3,(H,28,29)(H,26,27,30). The number of benzene rings is 2. The van der Waals surface area contributed by atoms with Crippen molar-refractivity contribution in [3.8, 4) is 0 Å². The zero-order valence-corrected chi connectivity index (χ0v) is 18.6. The van der Waals surface area contributed by atoms with Gasteiger partial charge in [-0.1, -0.05) is 64.1 Å². The van der Waals surface area contributed by atoms with Crippen LogP contribution < -0.4 is 10.9 Å². The number of nitrogens with one attached hydrogen (secondary N) is 2. The van der Waals surface area contributed by atoms with Crippen molar-refractivity contribution in [2.75, 3.05) is 6.61 Å². The second kappa shape index (κ2) is 10.4. The molecule has 0 spiro atoms. The molecule has 1 heterocycles. The number of ether oxygens (including phenoxy) is 1. The summed E-state index contributed by atoms with van der Waals surface area (Å²) in [6.07, 6.45) is 1.10. The van der Waals surface area contributed by atoms with Crippen LogP contribution >= 0.6 is 0 Å². The number of aromatic nitrogens is 2. The lowest BCUT2D eigenvalue weighted by atomic mass is 9.92. The van der Waals surface area contributed by atoms with Crippen LogP contribution in [0.5, 0.6) is 0 Å². The lowest BCUT2D eigenvalue weighted by Gasteiger charge is -2.23. The largest absolute Gasteiger partial charge is 0.364 e. The molecular weight excluding hydrogens is 390 g/mol. The fourth-order valence-corrected chi connectivity index (χ4v) is 3.56. The molecular formula is C25H31N3O3. The van der Waals surface area contributed by atoms with Crippen LogP contribution in [0.15, 0.2) is 53.3 Å². The van der Waals surface area contributed by atoms with E-state index in [2.05, 4.69) is 67.2 Å². The van der Waals surface area contributed by atoms with Crippen molar-refractivity contribution in [3.63, 3.8) is 0 Å². The lowest BCUT2D eigenvalue weighted by Crippen LogP contribution is -2.34. The summed E-state index contributed by atoms with van der Waals surface area (Å²) in [6, 6.07) is 15.5. The minimum absolute atomic E-state index is 0.0590. The van der Waals surface area contributed by atoms with E-state index in [1.165, 1.54) is 5.56 Å². The Balaban J connectivity index is 1.59. The van der Waals surface area contributed by atoms with E-state index < -0.39 is 0 Å². The molecule has 3 aromatic rings. The number of amides is 1. The van der Waals surface area contributed by atoms with Crippen LogP contribution in [0.3, 0.4) is 0 Å². The third kappa shape index (κ3) is 5.79. The molecule has 31 heavy (non-hydrogen) atoms. The second-order valence-electron chi connectivity index (χ2n) is 8.29. The molecule has 0 saturated carbocycles. The summed E-state index contributed by atoms with van der Waals surface area (Å²) < 4.78 is 5.52. The molecule has 2 aromatic carbocycles. The molecule has 1 amide bonds. The highest BCUT2D eigenvalue weighted by Gasteiger charge is 2.19. The third-order valence-electron chi connectivity index (χ3n) is 5.59. The smallest absolute Gasteiger partial charge is 0.258 e. The minimum atomic E-state index is -0.214. The average Bonchev–Trinajstić information content (AvgIpc) is 2.77. The molecule has 0 saturated heterocycles. The van der Waals surface area contributed by atoms with Gasteiger partial charge < -0.3 is 15.0 Å². The number of carbonyl (C=O) groups is 1. The van der Waals surface area contributed by atoms with Gasteiger partial charge in [0.1, 0.15) is 19.0 Å². The first-order valence-corrected chi connectivity index (χ1v) is 10.8. The second-order valence-corrected chi connectivity index (χ2v) is 8.29. The molecule has 0 aliphatic carbocycles. The van der Waals surface area contributed by atoms with E-state index >= 15 is 0 Å². The van der Waals surface area contributed by atoms with Gasteiger partial charge >= 0.3 is 0 Å². The maximum absolute atomic E-state index is 12.5. The van der Waals surface area contributed by atoms with Crippen LogP contribution in [0.2, 0.25) is 0 Å². The van der Waals surface area contributed by atoms with Crippen molar-refractivity contribution >= 4 is 16.8 Å². The van der Waals surface area contributed by atoms with Crippen molar-refractivity contribution in [3.05, 3.63) is 75.8 Å². The number of nitrogens with zero attached hydrogens (tertiary/aromatic N) is 1. The highest BCUT2D eigenvalue weighted by molar-refractivity contribution is 5.78. The Morgan fingerprint density at radius 2 is 1.74 bits per heavy atom. The van der Waals surface area contributed by atoms with Crippen molar-refractivity contribution in [2.45, 2.75) is 52.7 Å². The van der Waals surface area contributed by atoms with Crippen molar-refractivity contribution in [2.24, 2.45) is 5.92 Å². The number of hydrogen-bond acceptors (Lipinski definition) is 4. The SMILES string of the molecule is CCC(C)c1ccc(C(NC(=O)COCc2nc3ccccc3c(=O)[nH]2)C(C)C)cc1. The summed E-state index contributed by atoms with van der Waals surface area (Å²) in [5, 5.41) is 3.60. The zero-order chi connectivity index (χ0) is 22.4. The van der Waals surface area contributed by atoms with E-state index in [1.54, 1.807) is 18.2 Å². The summed E-state index contributed by atoms with van der Waals surface area (Å²) >= 11 is 0. The molecule has 0 bridgehead atoms. The normalized spacial score (nSPS) is 13.3. The first-order chi connectivity index (χ1) is 14.9. The molecule has 2 unspecified atom stereocenters. The predicted octanol–water partition coefficient (Wildman–Crippen LogP) is 4.47. The number of rotatable bonds is 9. The number of para-hydroxylation sites is 1. The average molecular weight is 422 g/mol. The van der Waals surface area contributed by atoms with Gasteiger partial charge in [-0.15, -0.1) is 0 Å². The predicted molar refractivity (Wildman–Crippen MR) is 123 cm³/mol. The number of hydrogen-bond donors (Lipinski definition) is 2. The number of fused-ring (bicyclic) bond motifs is 1. The Labute approximate surface area is 183 Å². The molecule has 0 fully saturated rings. The summed E-state index contributed by atoms with van der Waals surface area (Å²) in [5.41, 5.74) is 2.78. The number of H-pyrrole nitrogens is 1. The molecule has 6 heteroatoms. The number of carbonyl (C=O) groups excluding carboxylic acids is 1.